The maximum atomic E-state index is 4.06. The molecule has 0 amide bonds. The molecule has 0 aromatic carbocycles. The molecule has 0 aliphatic heterocycles. The summed E-state index contributed by atoms with van der Waals surface area (Å²) < 4.78 is 0. The second-order valence-corrected chi connectivity index (χ2v) is 14.2. The van der Waals surface area contributed by atoms with Gasteiger partial charge in [-0.2, -0.15) is 0 Å². The van der Waals surface area contributed by atoms with Crippen LogP contribution in [-0.4, -0.2) is 51.0 Å². The number of nitrogens with zero attached hydrogens (tertiary/aromatic N) is 3. The van der Waals surface area contributed by atoms with E-state index in [9.17, 15) is 0 Å². The molecule has 0 radical (unpaired) electrons. The summed E-state index contributed by atoms with van der Waals surface area (Å²) in [7, 11) is 10.3. The van der Waals surface area contributed by atoms with Crippen molar-refractivity contribution < 1.29 is 9.47 Å². The van der Waals surface area contributed by atoms with E-state index < -0.39 is 0 Å². The van der Waals surface area contributed by atoms with Gasteiger partial charge < -0.3 is 9.80 Å². The number of hydrogen-bond donors (Lipinski definition) is 0. The Morgan fingerprint density at radius 2 is 1.33 bits per heavy atom. The van der Waals surface area contributed by atoms with Gasteiger partial charge in [0.1, 0.15) is 0 Å². The summed E-state index contributed by atoms with van der Waals surface area (Å²) in [5.74, 6) is 0.981. The minimum atomic E-state index is 0.628. The molecule has 0 spiro atoms. The molecular weight excluding hydrogens is 419 g/mol. The standard InChI is InChI=1S/C6H15N3.2HI.V/c1-7-6(8(2)3)9(4)5;;;/h1-5H3;2*1H;/q;;;+2/p-2. The average molecular weight is 434 g/mol. The molecule has 0 unspecified atom stereocenters. The van der Waals surface area contributed by atoms with E-state index in [1.165, 1.54) is 0 Å². The van der Waals surface area contributed by atoms with Crippen LogP contribution in [0.15, 0.2) is 4.99 Å². The van der Waals surface area contributed by atoms with Crippen molar-refractivity contribution in [3.05, 3.63) is 0 Å². The molecular formula is C6H15I2N3V. The Bertz CT molecular complexity index is 118. The molecule has 0 atom stereocenters. The van der Waals surface area contributed by atoms with Gasteiger partial charge in [0, 0.05) is 35.2 Å². The zero-order valence-corrected chi connectivity index (χ0v) is 13.8. The zero-order chi connectivity index (χ0) is 10.1. The van der Waals surface area contributed by atoms with Crippen LogP contribution in [0.4, 0.5) is 0 Å². The Kier molecular flexibility index (Phi) is 13.7. The SMILES string of the molecule is CN=C(N(C)C)N(C)C.[I][V][I]. The minimum absolute atomic E-state index is 0.628. The van der Waals surface area contributed by atoms with Gasteiger partial charge in [-0.3, -0.25) is 4.99 Å². The Labute approximate surface area is 104 Å². The first-order valence-electron chi connectivity index (χ1n) is 3.24. The Morgan fingerprint density at radius 1 is 1.08 bits per heavy atom. The average Bonchev–Trinajstić information content (AvgIpc) is 1.88. The van der Waals surface area contributed by atoms with Gasteiger partial charge in [0.2, 0.25) is 0 Å². The molecule has 12 heavy (non-hydrogen) atoms. The number of hydrogen-bond acceptors (Lipinski definition) is 1. The molecule has 0 aliphatic carbocycles. The van der Waals surface area contributed by atoms with Crippen LogP contribution < -0.4 is 0 Å². The van der Waals surface area contributed by atoms with Crippen LogP contribution in [0.25, 0.3) is 0 Å². The van der Waals surface area contributed by atoms with Gasteiger partial charge in [0.15, 0.2) is 5.96 Å². The predicted molar refractivity (Wildman–Crippen MR) is 68.8 cm³/mol. The van der Waals surface area contributed by atoms with Gasteiger partial charge in [-0.25, -0.2) is 0 Å². The fourth-order valence-corrected chi connectivity index (χ4v) is 0.800. The molecule has 73 valence electrons. The van der Waals surface area contributed by atoms with Crippen LogP contribution in [0.2, 0.25) is 0 Å². The summed E-state index contributed by atoms with van der Waals surface area (Å²) in [5, 5.41) is 0. The van der Waals surface area contributed by atoms with E-state index in [-0.39, 0.29) is 0 Å². The quantitative estimate of drug-likeness (QED) is 0.330. The molecule has 0 fully saturated rings. The molecule has 0 heterocycles. The predicted octanol–water partition coefficient (Wildman–Crippen LogP) is 1.86. The third kappa shape index (κ3) is 9.40. The van der Waals surface area contributed by atoms with E-state index in [0.717, 1.165) is 5.96 Å². The third-order valence-electron chi connectivity index (χ3n) is 1.000. The fourth-order valence-electron chi connectivity index (χ4n) is 0.800. The van der Waals surface area contributed by atoms with E-state index in [0.29, 0.717) is 9.47 Å². The molecule has 0 aromatic rings. The summed E-state index contributed by atoms with van der Waals surface area (Å²) in [6.07, 6.45) is 0. The van der Waals surface area contributed by atoms with Crippen LogP contribution in [0.3, 0.4) is 0 Å². The fraction of sp³-hybridized carbons (Fsp3) is 0.833. The van der Waals surface area contributed by atoms with Crippen molar-refractivity contribution in [3.8, 4) is 0 Å². The van der Waals surface area contributed by atoms with Gasteiger partial charge in [0.05, 0.1) is 0 Å². The van der Waals surface area contributed by atoms with E-state index in [2.05, 4.69) is 45.0 Å². The molecule has 6 heteroatoms. The van der Waals surface area contributed by atoms with Crippen molar-refractivity contribution in [1.29, 1.82) is 0 Å². The van der Waals surface area contributed by atoms with Crippen molar-refractivity contribution >= 4 is 45.9 Å². The normalized spacial score (nSPS) is 7.58. The molecule has 0 saturated heterocycles. The number of rotatable bonds is 0. The Morgan fingerprint density at radius 3 is 1.33 bits per heavy atom. The van der Waals surface area contributed by atoms with Gasteiger partial charge in [-0.05, 0) is 0 Å². The van der Waals surface area contributed by atoms with E-state index in [1.54, 1.807) is 7.05 Å². The van der Waals surface area contributed by atoms with Crippen LogP contribution in [0, 0.1) is 0 Å². The van der Waals surface area contributed by atoms with Gasteiger partial charge in [-0.15, -0.1) is 0 Å². The molecule has 0 saturated carbocycles. The third-order valence-corrected chi connectivity index (χ3v) is 1.000. The summed E-state index contributed by atoms with van der Waals surface area (Å²) in [6.45, 7) is 0. The number of aliphatic imine (C=N–C) groups is 1. The number of guanidine groups is 1. The van der Waals surface area contributed by atoms with E-state index in [1.807, 2.05) is 38.0 Å². The summed E-state index contributed by atoms with van der Waals surface area (Å²) in [5.41, 5.74) is 0. The van der Waals surface area contributed by atoms with Crippen molar-refractivity contribution in [2.24, 2.45) is 4.99 Å². The van der Waals surface area contributed by atoms with Crippen LogP contribution >= 0.6 is 40.0 Å². The van der Waals surface area contributed by atoms with Crippen molar-refractivity contribution in [1.82, 2.24) is 9.80 Å². The van der Waals surface area contributed by atoms with Gasteiger partial charge >= 0.3 is 49.4 Å². The monoisotopic (exact) mass is 434 g/mol. The maximum absolute atomic E-state index is 4.06. The van der Waals surface area contributed by atoms with Crippen LogP contribution in [-0.2, 0) is 9.47 Å². The van der Waals surface area contributed by atoms with Gasteiger partial charge in [0.25, 0.3) is 0 Å². The summed E-state index contributed by atoms with van der Waals surface area (Å²) in [4.78, 5) is 8.00. The zero-order valence-electron chi connectivity index (χ0n) is 8.04. The van der Waals surface area contributed by atoms with Gasteiger partial charge in [-0.1, -0.05) is 0 Å². The molecule has 0 rings (SSSR count). The second kappa shape index (κ2) is 10.4. The molecule has 3 nitrogen and oxygen atoms in total. The second-order valence-electron chi connectivity index (χ2n) is 2.38. The molecule has 0 N–H and O–H groups in total. The van der Waals surface area contributed by atoms with Crippen LogP contribution in [0.5, 0.6) is 0 Å². The molecule has 0 aromatic heterocycles. The van der Waals surface area contributed by atoms with Crippen molar-refractivity contribution in [2.75, 3.05) is 35.2 Å². The van der Waals surface area contributed by atoms with Crippen molar-refractivity contribution in [3.63, 3.8) is 0 Å². The topological polar surface area (TPSA) is 18.8 Å². The Balaban J connectivity index is 0. The first-order chi connectivity index (χ1) is 5.51. The molecule has 0 bridgehead atoms. The summed E-state index contributed by atoms with van der Waals surface area (Å²) >= 11 is 4.74. The Hall–Kier alpha value is 1.31. The van der Waals surface area contributed by atoms with Crippen LogP contribution in [0.1, 0.15) is 0 Å². The number of halogens is 2. The van der Waals surface area contributed by atoms with E-state index >= 15 is 0 Å². The van der Waals surface area contributed by atoms with Crippen molar-refractivity contribution in [2.45, 2.75) is 0 Å². The first kappa shape index (κ1) is 15.8. The summed E-state index contributed by atoms with van der Waals surface area (Å²) in [6, 6.07) is 0. The molecule has 0 aliphatic rings. The van der Waals surface area contributed by atoms with E-state index in [4.69, 9.17) is 0 Å². The first-order valence-corrected chi connectivity index (χ1v) is 12.3.